The smallest absolute Gasteiger partial charge is 0.151 e. The first kappa shape index (κ1) is 26.9. The minimum absolute atomic E-state index is 0.0452. The highest BCUT2D eigenvalue weighted by Crippen LogP contribution is 2.42. The van der Waals surface area contributed by atoms with Gasteiger partial charge >= 0.3 is 0 Å². The second kappa shape index (κ2) is 10.4. The van der Waals surface area contributed by atoms with E-state index in [4.69, 9.17) is 20.8 Å². The predicted octanol–water partition coefficient (Wildman–Crippen LogP) is 6.24. The number of aromatic nitrogens is 2. The molecule has 5 aromatic rings. The summed E-state index contributed by atoms with van der Waals surface area (Å²) in [5.41, 5.74) is 3.04. The van der Waals surface area contributed by atoms with Gasteiger partial charge in [0.25, 0.3) is 0 Å². The van der Waals surface area contributed by atoms with Gasteiger partial charge in [-0.15, -0.1) is 0 Å². The van der Waals surface area contributed by atoms with E-state index in [0.29, 0.717) is 40.2 Å². The number of benzene rings is 3. The minimum atomic E-state index is -2.83. The Morgan fingerprint density at radius 2 is 1.88 bits per heavy atom. The van der Waals surface area contributed by atoms with Gasteiger partial charge < -0.3 is 14.5 Å². The molecule has 1 N–H and O–H groups in total. The molecule has 11 heteroatoms. The van der Waals surface area contributed by atoms with Gasteiger partial charge in [0.15, 0.2) is 9.84 Å². The molecule has 2 aliphatic heterocycles. The third-order valence-corrected chi connectivity index (χ3v) is 10.0. The number of hydrogen-bond donors (Lipinski definition) is 1. The molecule has 0 radical (unpaired) electrons. The first-order chi connectivity index (χ1) is 20.2. The Labute approximate surface area is 247 Å². The maximum absolute atomic E-state index is 13.5. The van der Waals surface area contributed by atoms with Gasteiger partial charge in [-0.3, -0.25) is 4.90 Å². The Balaban J connectivity index is 1.04. The summed E-state index contributed by atoms with van der Waals surface area (Å²) in [5, 5.41) is 4.54. The summed E-state index contributed by atoms with van der Waals surface area (Å²) in [5.74, 6) is 2.95. The van der Waals surface area contributed by atoms with Gasteiger partial charge in [0.1, 0.15) is 41.8 Å². The number of halogens is 2. The number of rotatable bonds is 8. The summed E-state index contributed by atoms with van der Waals surface area (Å²) in [6, 6.07) is 21.4. The Morgan fingerprint density at radius 3 is 2.67 bits per heavy atom. The van der Waals surface area contributed by atoms with E-state index in [1.807, 2.05) is 36.4 Å². The van der Waals surface area contributed by atoms with Gasteiger partial charge in [0, 0.05) is 35.1 Å². The van der Waals surface area contributed by atoms with Crippen molar-refractivity contribution < 1.29 is 22.0 Å². The molecule has 0 saturated carbocycles. The van der Waals surface area contributed by atoms with Crippen molar-refractivity contribution in [1.82, 2.24) is 14.9 Å². The van der Waals surface area contributed by atoms with Gasteiger partial charge in [-0.1, -0.05) is 23.7 Å². The molecule has 7 rings (SSSR count). The monoisotopic (exact) mass is 604 g/mol. The fourth-order valence-electron chi connectivity index (χ4n) is 5.86. The van der Waals surface area contributed by atoms with Crippen LogP contribution in [0.2, 0.25) is 5.02 Å². The van der Waals surface area contributed by atoms with Crippen LogP contribution in [0, 0.1) is 11.2 Å². The van der Waals surface area contributed by atoms with Crippen molar-refractivity contribution in [1.29, 1.82) is 0 Å². The van der Waals surface area contributed by atoms with Crippen LogP contribution in [-0.2, 0) is 23.0 Å². The molecule has 0 bridgehead atoms. The molecule has 2 aromatic heterocycles. The maximum Gasteiger partial charge on any atom is 0.151 e. The molecule has 2 aliphatic rings. The first-order valence-electron chi connectivity index (χ1n) is 13.4. The molecule has 8 nitrogen and oxygen atoms in total. The standard InChI is InChI=1S/C31H26ClFN4O4S/c32-26-12-23(5-8-29(26)40-14-20-2-1-3-22(33)10-20)36-30-25-11-21(4-7-27(25)34-19-35-30)28-9-6-24(41-28)13-37-15-31(16-37)17-42(38,39)18-31/h1-12,19H,13-18H2,(H,34,35,36). The van der Waals surface area contributed by atoms with Gasteiger partial charge in [0.05, 0.1) is 28.6 Å². The average Bonchev–Trinajstić information content (AvgIpc) is 3.39. The first-order valence-corrected chi connectivity index (χ1v) is 15.6. The van der Waals surface area contributed by atoms with Gasteiger partial charge in [-0.25, -0.2) is 22.8 Å². The Kier molecular flexibility index (Phi) is 6.64. The SMILES string of the molecule is O=S1(=O)CC2(CN(Cc3ccc(-c4ccc5ncnc(Nc6ccc(OCc7cccc(F)c7)c(Cl)c6)c5c4)o3)C2)C1. The zero-order valence-corrected chi connectivity index (χ0v) is 24.0. The van der Waals surface area contributed by atoms with Crippen molar-refractivity contribution in [2.24, 2.45) is 5.41 Å². The fraction of sp³-hybridized carbons (Fsp3) is 0.226. The van der Waals surface area contributed by atoms with Gasteiger partial charge in [0.2, 0.25) is 0 Å². The number of anilines is 2. The van der Waals surface area contributed by atoms with Crippen LogP contribution in [0.5, 0.6) is 5.75 Å². The van der Waals surface area contributed by atoms with Crippen molar-refractivity contribution in [3.8, 4) is 17.1 Å². The number of fused-ring (bicyclic) bond motifs is 1. The summed E-state index contributed by atoms with van der Waals surface area (Å²) in [6.07, 6.45) is 1.50. The number of sulfone groups is 1. The molecule has 42 heavy (non-hydrogen) atoms. The van der Waals surface area contributed by atoms with E-state index in [1.165, 1.54) is 18.5 Å². The van der Waals surface area contributed by atoms with Crippen molar-refractivity contribution in [3.63, 3.8) is 0 Å². The van der Waals surface area contributed by atoms with Crippen LogP contribution >= 0.6 is 11.6 Å². The quantitative estimate of drug-likeness (QED) is 0.222. The highest BCUT2D eigenvalue weighted by atomic mass is 35.5. The van der Waals surface area contributed by atoms with Gasteiger partial charge in [-0.2, -0.15) is 0 Å². The highest BCUT2D eigenvalue weighted by Gasteiger charge is 2.55. The van der Waals surface area contributed by atoms with E-state index in [-0.39, 0.29) is 17.8 Å². The van der Waals surface area contributed by atoms with Crippen LogP contribution in [0.15, 0.2) is 83.5 Å². The Morgan fingerprint density at radius 1 is 1.02 bits per heavy atom. The van der Waals surface area contributed by atoms with Gasteiger partial charge in [-0.05, 0) is 66.2 Å². The number of hydrogen-bond acceptors (Lipinski definition) is 8. The molecular formula is C31H26ClFN4O4S. The van der Waals surface area contributed by atoms with E-state index in [2.05, 4.69) is 20.2 Å². The summed E-state index contributed by atoms with van der Waals surface area (Å²) in [4.78, 5) is 11.1. The van der Waals surface area contributed by atoms with Crippen LogP contribution < -0.4 is 10.1 Å². The van der Waals surface area contributed by atoms with Crippen molar-refractivity contribution in [2.75, 3.05) is 29.9 Å². The maximum atomic E-state index is 13.5. The van der Waals surface area contributed by atoms with Crippen LogP contribution in [0.3, 0.4) is 0 Å². The van der Waals surface area contributed by atoms with E-state index < -0.39 is 9.84 Å². The summed E-state index contributed by atoms with van der Waals surface area (Å²) >= 11 is 6.49. The van der Waals surface area contributed by atoms with Crippen molar-refractivity contribution >= 4 is 43.8 Å². The van der Waals surface area contributed by atoms with E-state index in [1.54, 1.807) is 24.3 Å². The second-order valence-corrected chi connectivity index (χ2v) is 13.6. The molecule has 0 aliphatic carbocycles. The highest BCUT2D eigenvalue weighted by molar-refractivity contribution is 7.92. The number of likely N-dealkylation sites (tertiary alicyclic amines) is 1. The molecule has 214 valence electrons. The lowest BCUT2D eigenvalue weighted by Gasteiger charge is -2.54. The summed E-state index contributed by atoms with van der Waals surface area (Å²) in [6.45, 7) is 2.42. The molecule has 2 saturated heterocycles. The normalized spacial score (nSPS) is 17.1. The van der Waals surface area contributed by atoms with Crippen LogP contribution in [0.1, 0.15) is 11.3 Å². The lowest BCUT2D eigenvalue weighted by atomic mass is 9.83. The molecule has 0 atom stereocenters. The van der Waals surface area contributed by atoms with Crippen LogP contribution in [-0.4, -0.2) is 47.9 Å². The summed E-state index contributed by atoms with van der Waals surface area (Å²) in [7, 11) is -2.83. The molecule has 1 spiro atoms. The number of nitrogens with zero attached hydrogens (tertiary/aromatic N) is 3. The van der Waals surface area contributed by atoms with Crippen molar-refractivity contribution in [2.45, 2.75) is 13.2 Å². The molecule has 0 amide bonds. The Hall–Kier alpha value is -3.99. The van der Waals surface area contributed by atoms with E-state index in [9.17, 15) is 12.8 Å². The minimum Gasteiger partial charge on any atom is -0.487 e. The van der Waals surface area contributed by atoms with Crippen LogP contribution in [0.4, 0.5) is 15.9 Å². The van der Waals surface area contributed by atoms with E-state index in [0.717, 1.165) is 46.8 Å². The fourth-order valence-corrected chi connectivity index (χ4v) is 8.24. The number of furan rings is 1. The zero-order chi connectivity index (χ0) is 28.9. The lowest BCUT2D eigenvalue weighted by Crippen LogP contribution is -2.67. The molecular weight excluding hydrogens is 579 g/mol. The molecule has 2 fully saturated rings. The van der Waals surface area contributed by atoms with E-state index >= 15 is 0 Å². The third-order valence-electron chi connectivity index (χ3n) is 7.61. The van der Waals surface area contributed by atoms with Crippen molar-refractivity contribution in [3.05, 3.63) is 101 Å². The lowest BCUT2D eigenvalue weighted by molar-refractivity contribution is 0.0133. The third kappa shape index (κ3) is 5.45. The number of ether oxygens (including phenoxy) is 1. The molecule has 0 unspecified atom stereocenters. The molecule has 4 heterocycles. The summed E-state index contributed by atoms with van der Waals surface area (Å²) < 4.78 is 48.6. The number of nitrogens with one attached hydrogen (secondary N) is 1. The zero-order valence-electron chi connectivity index (χ0n) is 22.4. The topological polar surface area (TPSA) is 97.6 Å². The second-order valence-electron chi connectivity index (χ2n) is 11.1. The Bertz CT molecular complexity index is 1910. The average molecular weight is 605 g/mol. The molecule has 3 aromatic carbocycles. The predicted molar refractivity (Wildman–Crippen MR) is 159 cm³/mol. The largest absolute Gasteiger partial charge is 0.487 e. The van der Waals surface area contributed by atoms with Crippen LogP contribution in [0.25, 0.3) is 22.2 Å².